The molecule has 1 fully saturated rings. The van der Waals surface area contributed by atoms with Gasteiger partial charge >= 0.3 is 12.1 Å². The van der Waals surface area contributed by atoms with E-state index in [-0.39, 0.29) is 36.1 Å². The highest BCUT2D eigenvalue weighted by Crippen LogP contribution is 2.31. The van der Waals surface area contributed by atoms with E-state index in [9.17, 15) is 19.5 Å². The molecule has 5 rings (SSSR count). The molecule has 1 saturated carbocycles. The van der Waals surface area contributed by atoms with Crippen LogP contribution in [0.15, 0.2) is 60.7 Å². The number of hydrogen-bond acceptors (Lipinski definition) is 5. The van der Waals surface area contributed by atoms with Gasteiger partial charge in [0.2, 0.25) is 0 Å². The highest BCUT2D eigenvalue weighted by atomic mass is 16.5. The molecule has 1 aliphatic carbocycles. The van der Waals surface area contributed by atoms with Gasteiger partial charge in [-0.25, -0.2) is 9.59 Å². The number of amides is 5. The van der Waals surface area contributed by atoms with Crippen LogP contribution in [0.1, 0.15) is 56.3 Å². The summed E-state index contributed by atoms with van der Waals surface area (Å²) >= 11 is 0. The Bertz CT molecular complexity index is 1480. The van der Waals surface area contributed by atoms with Crippen LogP contribution >= 0.6 is 0 Å². The zero-order valence-electron chi connectivity index (χ0n) is 25.7. The standard InChI is InChI=1S/C34H43N5O5/c1-22-19-39(23(2)21-40)32(41)28-18-26(35-33(42)37-29-15-9-11-24-10-7-8-14-27(24)29)16-17-30(28)44-31(22)20-38(3)34(43)36-25-12-5-4-6-13-25/h7-11,14-18,22-23,25,31,40H,4-6,12-13,19-21H2,1-3H3,(H,36,43)(H2,35,37,42)/t22-,23+,31-/m1/s1. The summed E-state index contributed by atoms with van der Waals surface area (Å²) in [4.78, 5) is 43.1. The molecule has 0 unspecified atom stereocenters. The van der Waals surface area contributed by atoms with Gasteiger partial charge in [0, 0.05) is 36.6 Å². The van der Waals surface area contributed by atoms with Crippen LogP contribution in [0.25, 0.3) is 10.8 Å². The average molecular weight is 602 g/mol. The van der Waals surface area contributed by atoms with Crippen LogP contribution in [0.5, 0.6) is 5.75 Å². The Kier molecular flexibility index (Phi) is 9.89. The fraction of sp³-hybridized carbons (Fsp3) is 0.441. The maximum atomic E-state index is 13.8. The molecule has 0 spiro atoms. The lowest BCUT2D eigenvalue weighted by atomic mass is 9.96. The molecule has 0 saturated heterocycles. The van der Waals surface area contributed by atoms with Gasteiger partial charge in [-0.3, -0.25) is 4.79 Å². The quantitative estimate of drug-likeness (QED) is 0.278. The average Bonchev–Trinajstić information content (AvgIpc) is 3.03. The predicted octanol–water partition coefficient (Wildman–Crippen LogP) is 5.68. The van der Waals surface area contributed by atoms with Crippen LogP contribution < -0.4 is 20.7 Å². The molecule has 2 aliphatic rings. The van der Waals surface area contributed by atoms with Gasteiger partial charge in [-0.1, -0.05) is 62.6 Å². The lowest BCUT2D eigenvalue weighted by molar-refractivity contribution is 0.0366. The van der Waals surface area contributed by atoms with E-state index in [1.165, 1.54) is 6.42 Å². The third-order valence-corrected chi connectivity index (χ3v) is 8.69. The van der Waals surface area contributed by atoms with E-state index in [4.69, 9.17) is 4.74 Å². The summed E-state index contributed by atoms with van der Waals surface area (Å²) in [7, 11) is 1.76. The number of hydrogen-bond donors (Lipinski definition) is 4. The fourth-order valence-corrected chi connectivity index (χ4v) is 6.02. The predicted molar refractivity (Wildman–Crippen MR) is 172 cm³/mol. The van der Waals surface area contributed by atoms with E-state index in [1.54, 1.807) is 42.0 Å². The van der Waals surface area contributed by atoms with Gasteiger partial charge < -0.3 is 35.6 Å². The van der Waals surface area contributed by atoms with Crippen molar-refractivity contribution in [3.05, 3.63) is 66.2 Å². The van der Waals surface area contributed by atoms with Crippen LogP contribution in [-0.4, -0.2) is 77.8 Å². The number of fused-ring (bicyclic) bond motifs is 2. The van der Waals surface area contributed by atoms with Crippen molar-refractivity contribution < 1.29 is 24.2 Å². The summed E-state index contributed by atoms with van der Waals surface area (Å²) in [6, 6.07) is 17.6. The first-order valence-electron chi connectivity index (χ1n) is 15.5. The first-order valence-corrected chi connectivity index (χ1v) is 15.5. The molecule has 3 aromatic rings. The number of urea groups is 2. The number of aliphatic hydroxyl groups is 1. The van der Waals surface area contributed by atoms with Crippen molar-refractivity contribution in [2.24, 2.45) is 5.92 Å². The van der Waals surface area contributed by atoms with Gasteiger partial charge in [0.1, 0.15) is 11.9 Å². The van der Waals surface area contributed by atoms with Gasteiger partial charge in [0.25, 0.3) is 5.91 Å². The molecule has 0 radical (unpaired) electrons. The van der Waals surface area contributed by atoms with Crippen LogP contribution in [0, 0.1) is 5.92 Å². The lowest BCUT2D eigenvalue weighted by Crippen LogP contribution is -2.52. The van der Waals surface area contributed by atoms with E-state index in [0.29, 0.717) is 30.2 Å². The summed E-state index contributed by atoms with van der Waals surface area (Å²) in [6.07, 6.45) is 5.05. The van der Waals surface area contributed by atoms with Crippen LogP contribution in [-0.2, 0) is 0 Å². The topological polar surface area (TPSA) is 123 Å². The minimum absolute atomic E-state index is 0.129. The monoisotopic (exact) mass is 601 g/mol. The highest BCUT2D eigenvalue weighted by molar-refractivity contribution is 6.07. The number of ether oxygens (including phenoxy) is 1. The maximum absolute atomic E-state index is 13.8. The molecule has 10 nitrogen and oxygen atoms in total. The number of carbonyl (C=O) groups excluding carboxylic acids is 3. The zero-order chi connectivity index (χ0) is 31.2. The van der Waals surface area contributed by atoms with Gasteiger partial charge in [-0.15, -0.1) is 0 Å². The number of nitrogens with one attached hydrogen (secondary N) is 3. The molecular weight excluding hydrogens is 558 g/mol. The molecule has 3 atom stereocenters. The SMILES string of the molecule is C[C@@H]1CN([C@@H](C)CO)C(=O)c2cc(NC(=O)Nc3cccc4ccccc34)ccc2O[C@@H]1CN(C)C(=O)NC1CCCCC1. The second-order valence-corrected chi connectivity index (χ2v) is 12.1. The van der Waals surface area contributed by atoms with E-state index in [1.807, 2.05) is 49.4 Å². The minimum atomic E-state index is -0.446. The molecule has 10 heteroatoms. The molecule has 1 aliphatic heterocycles. The number of likely N-dealkylation sites (N-methyl/N-ethyl adjacent to an activating group) is 1. The maximum Gasteiger partial charge on any atom is 0.323 e. The van der Waals surface area contributed by atoms with Gasteiger partial charge in [0.15, 0.2) is 0 Å². The molecule has 5 amide bonds. The van der Waals surface area contributed by atoms with E-state index < -0.39 is 18.2 Å². The Balaban J connectivity index is 1.34. The fourth-order valence-electron chi connectivity index (χ4n) is 6.02. The smallest absolute Gasteiger partial charge is 0.323 e. The van der Waals surface area contributed by atoms with E-state index in [2.05, 4.69) is 16.0 Å². The molecule has 0 aromatic heterocycles. The van der Waals surface area contributed by atoms with Gasteiger partial charge in [0.05, 0.1) is 30.4 Å². The first kappa shape index (κ1) is 31.1. The van der Waals surface area contributed by atoms with Crippen molar-refractivity contribution in [3.8, 4) is 5.75 Å². The Morgan fingerprint density at radius 3 is 2.57 bits per heavy atom. The van der Waals surface area contributed by atoms with Crippen molar-refractivity contribution >= 4 is 40.1 Å². The van der Waals surface area contributed by atoms with E-state index in [0.717, 1.165) is 36.5 Å². The van der Waals surface area contributed by atoms with Crippen LogP contribution in [0.3, 0.4) is 0 Å². The van der Waals surface area contributed by atoms with Crippen molar-refractivity contribution in [2.45, 2.75) is 64.1 Å². The summed E-state index contributed by atoms with van der Waals surface area (Å²) in [5.41, 5.74) is 1.37. The van der Waals surface area contributed by atoms with Crippen LogP contribution in [0.4, 0.5) is 21.0 Å². The Morgan fingerprint density at radius 1 is 1.05 bits per heavy atom. The normalized spacial score (nSPS) is 19.6. The number of anilines is 2. The number of benzene rings is 3. The summed E-state index contributed by atoms with van der Waals surface area (Å²) in [5.74, 6) is -0.0635. The largest absolute Gasteiger partial charge is 0.487 e. The molecular formula is C34H43N5O5. The lowest BCUT2D eigenvalue weighted by Gasteiger charge is -2.38. The second-order valence-electron chi connectivity index (χ2n) is 12.1. The number of rotatable bonds is 7. The van der Waals surface area contributed by atoms with Gasteiger partial charge in [-0.05, 0) is 49.4 Å². The van der Waals surface area contributed by atoms with Gasteiger partial charge in [-0.2, -0.15) is 0 Å². The van der Waals surface area contributed by atoms with E-state index >= 15 is 0 Å². The molecule has 234 valence electrons. The van der Waals surface area contributed by atoms with Crippen molar-refractivity contribution in [3.63, 3.8) is 0 Å². The van der Waals surface area contributed by atoms with Crippen molar-refractivity contribution in [2.75, 3.05) is 37.4 Å². The number of nitrogens with zero attached hydrogens (tertiary/aromatic N) is 2. The Labute approximate surface area is 258 Å². The third kappa shape index (κ3) is 7.24. The third-order valence-electron chi connectivity index (χ3n) is 8.69. The molecule has 44 heavy (non-hydrogen) atoms. The molecule has 4 N–H and O–H groups in total. The second kappa shape index (κ2) is 14.0. The minimum Gasteiger partial charge on any atom is -0.487 e. The Hall–Kier alpha value is -4.31. The number of carbonyl (C=O) groups is 3. The highest BCUT2D eigenvalue weighted by Gasteiger charge is 2.34. The summed E-state index contributed by atoms with van der Waals surface area (Å²) in [6.45, 7) is 4.24. The molecule has 1 heterocycles. The summed E-state index contributed by atoms with van der Waals surface area (Å²) in [5, 5.41) is 20.8. The van der Waals surface area contributed by atoms with Crippen LogP contribution in [0.2, 0.25) is 0 Å². The molecule has 0 bridgehead atoms. The Morgan fingerprint density at radius 2 is 1.80 bits per heavy atom. The number of aliphatic hydroxyl groups excluding tert-OH is 1. The van der Waals surface area contributed by atoms with Crippen molar-refractivity contribution in [1.82, 2.24) is 15.1 Å². The molecule has 3 aromatic carbocycles. The first-order chi connectivity index (χ1) is 21.2. The zero-order valence-corrected chi connectivity index (χ0v) is 25.7. The van der Waals surface area contributed by atoms with Crippen molar-refractivity contribution in [1.29, 1.82) is 0 Å². The summed E-state index contributed by atoms with van der Waals surface area (Å²) < 4.78 is 6.44.